The van der Waals surface area contributed by atoms with Crippen LogP contribution in [0.2, 0.25) is 0 Å². The second-order valence-corrected chi connectivity index (χ2v) is 5.75. The van der Waals surface area contributed by atoms with E-state index in [4.69, 9.17) is 0 Å². The van der Waals surface area contributed by atoms with Crippen LogP contribution in [0, 0.1) is 5.92 Å². The fourth-order valence-electron chi connectivity index (χ4n) is 2.97. The minimum atomic E-state index is -4.30. The predicted molar refractivity (Wildman–Crippen MR) is 77.9 cm³/mol. The monoisotopic (exact) mass is 327 g/mol. The number of fused-ring (bicyclic) bond motifs is 1. The Bertz CT molecular complexity index is 778. The van der Waals surface area contributed by atoms with Gasteiger partial charge in [0, 0.05) is 13.1 Å². The van der Waals surface area contributed by atoms with E-state index in [1.165, 1.54) is 9.47 Å². The number of alkyl halides is 3. The molecule has 1 fully saturated rings. The van der Waals surface area contributed by atoms with Crippen molar-refractivity contribution in [1.82, 2.24) is 14.5 Å². The highest BCUT2D eigenvalue weighted by Gasteiger charge is 2.42. The van der Waals surface area contributed by atoms with Crippen LogP contribution in [0.3, 0.4) is 0 Å². The van der Waals surface area contributed by atoms with E-state index in [0.717, 1.165) is 0 Å². The Balaban J connectivity index is 1.78. The molecule has 0 aliphatic carbocycles. The van der Waals surface area contributed by atoms with Crippen molar-refractivity contribution in [3.05, 3.63) is 34.7 Å². The first-order chi connectivity index (χ1) is 10.9. The molecule has 2 heterocycles. The zero-order valence-corrected chi connectivity index (χ0v) is 12.3. The molecule has 23 heavy (non-hydrogen) atoms. The molecule has 3 rings (SSSR count). The first-order valence-electron chi connectivity index (χ1n) is 7.38. The van der Waals surface area contributed by atoms with E-state index in [-0.39, 0.29) is 19.5 Å². The molecule has 0 radical (unpaired) electrons. The number of piperidine rings is 1. The molecule has 1 atom stereocenters. The number of halogens is 3. The second kappa shape index (κ2) is 5.75. The highest BCUT2D eigenvalue weighted by Crippen LogP contribution is 2.33. The minimum Gasteiger partial charge on any atom is -0.341 e. The molecule has 0 bridgehead atoms. The average Bonchev–Trinajstić information content (AvgIpc) is 2.83. The van der Waals surface area contributed by atoms with Crippen molar-refractivity contribution in [2.45, 2.75) is 25.6 Å². The second-order valence-electron chi connectivity index (χ2n) is 5.75. The summed E-state index contributed by atoms with van der Waals surface area (Å²) in [5.74, 6) is -1.95. The van der Waals surface area contributed by atoms with Crippen molar-refractivity contribution in [3.8, 4) is 0 Å². The highest BCUT2D eigenvalue weighted by atomic mass is 19.4. The predicted octanol–water partition coefficient (Wildman–Crippen LogP) is 2.13. The van der Waals surface area contributed by atoms with Gasteiger partial charge in [-0.25, -0.2) is 4.79 Å². The largest absolute Gasteiger partial charge is 0.393 e. The van der Waals surface area contributed by atoms with Gasteiger partial charge in [-0.05, 0) is 25.0 Å². The Labute approximate surface area is 129 Å². The Hall–Kier alpha value is -2.25. The van der Waals surface area contributed by atoms with Gasteiger partial charge >= 0.3 is 11.9 Å². The van der Waals surface area contributed by atoms with Gasteiger partial charge in [0.05, 0.1) is 17.0 Å². The lowest BCUT2D eigenvalue weighted by Gasteiger charge is -2.33. The van der Waals surface area contributed by atoms with Crippen LogP contribution in [0.4, 0.5) is 13.2 Å². The van der Waals surface area contributed by atoms with Crippen LogP contribution in [0.25, 0.3) is 11.0 Å². The molecule has 1 aromatic carbocycles. The summed E-state index contributed by atoms with van der Waals surface area (Å²) in [5, 5.41) is 0. The molecule has 1 aromatic heterocycles. The van der Waals surface area contributed by atoms with Gasteiger partial charge in [-0.2, -0.15) is 13.2 Å². The van der Waals surface area contributed by atoms with E-state index in [9.17, 15) is 22.8 Å². The zero-order chi connectivity index (χ0) is 16.6. The number of rotatable bonds is 2. The van der Waals surface area contributed by atoms with E-state index >= 15 is 0 Å². The Morgan fingerprint density at radius 3 is 2.78 bits per heavy atom. The minimum absolute atomic E-state index is 0.0420. The summed E-state index contributed by atoms with van der Waals surface area (Å²) in [5.41, 5.74) is 0.719. The number of nitrogens with one attached hydrogen (secondary N) is 1. The summed E-state index contributed by atoms with van der Waals surface area (Å²) in [4.78, 5) is 28.1. The van der Waals surface area contributed by atoms with Gasteiger partial charge in [0.2, 0.25) is 5.91 Å². The molecule has 1 unspecified atom stereocenters. The van der Waals surface area contributed by atoms with Crippen molar-refractivity contribution < 1.29 is 18.0 Å². The molecule has 5 nitrogen and oxygen atoms in total. The molecule has 124 valence electrons. The molecular weight excluding hydrogens is 311 g/mol. The number of hydrogen-bond donors (Lipinski definition) is 1. The lowest BCUT2D eigenvalue weighted by atomic mass is 9.97. The number of carbonyl (C=O) groups excluding carboxylic acids is 1. The molecule has 0 saturated carbocycles. The maximum Gasteiger partial charge on any atom is 0.393 e. The quantitative estimate of drug-likeness (QED) is 0.919. The average molecular weight is 327 g/mol. The standard InChI is InChI=1S/C15H16F3N3O2/c16-15(17,18)10-4-3-7-20(8-10)13(22)9-21-12-6-2-1-5-11(12)19-14(21)23/h1-2,5-6,10H,3-4,7-9H2,(H,19,23). The molecule has 0 spiro atoms. The third-order valence-corrected chi connectivity index (χ3v) is 4.21. The van der Waals surface area contributed by atoms with Crippen LogP contribution in [0.5, 0.6) is 0 Å². The van der Waals surface area contributed by atoms with Crippen molar-refractivity contribution in [1.29, 1.82) is 0 Å². The summed E-state index contributed by atoms with van der Waals surface area (Å²) >= 11 is 0. The fraction of sp³-hybridized carbons (Fsp3) is 0.467. The fourth-order valence-corrected chi connectivity index (χ4v) is 2.97. The van der Waals surface area contributed by atoms with Crippen molar-refractivity contribution in [3.63, 3.8) is 0 Å². The summed E-state index contributed by atoms with van der Waals surface area (Å²) in [6.45, 7) is -0.296. The molecule has 1 N–H and O–H groups in total. The van der Waals surface area contributed by atoms with Crippen LogP contribution in [0.1, 0.15) is 12.8 Å². The Morgan fingerprint density at radius 1 is 1.30 bits per heavy atom. The lowest BCUT2D eigenvalue weighted by molar-refractivity contribution is -0.188. The number of nitrogens with zero attached hydrogens (tertiary/aromatic N) is 2. The van der Waals surface area contributed by atoms with Crippen LogP contribution >= 0.6 is 0 Å². The van der Waals surface area contributed by atoms with Gasteiger partial charge in [0.1, 0.15) is 6.54 Å². The van der Waals surface area contributed by atoms with Crippen LogP contribution in [-0.4, -0.2) is 39.6 Å². The van der Waals surface area contributed by atoms with Crippen molar-refractivity contribution >= 4 is 16.9 Å². The molecule has 2 aromatic rings. The normalized spacial score (nSPS) is 19.3. The van der Waals surface area contributed by atoms with E-state index in [2.05, 4.69) is 4.98 Å². The van der Waals surface area contributed by atoms with Gasteiger partial charge in [-0.15, -0.1) is 0 Å². The number of amides is 1. The maximum atomic E-state index is 12.8. The number of aromatic nitrogens is 2. The Kier molecular flexibility index (Phi) is 3.91. The van der Waals surface area contributed by atoms with Crippen LogP contribution in [0.15, 0.2) is 29.1 Å². The first-order valence-corrected chi connectivity index (χ1v) is 7.38. The molecule has 1 aliphatic rings. The third-order valence-electron chi connectivity index (χ3n) is 4.21. The summed E-state index contributed by atoms with van der Waals surface area (Å²) in [6, 6.07) is 6.88. The van der Waals surface area contributed by atoms with E-state index in [0.29, 0.717) is 24.0 Å². The van der Waals surface area contributed by atoms with Crippen LogP contribution < -0.4 is 5.69 Å². The lowest BCUT2D eigenvalue weighted by Crippen LogP contribution is -2.46. The zero-order valence-electron chi connectivity index (χ0n) is 12.3. The van der Waals surface area contributed by atoms with E-state index in [1.807, 2.05) is 0 Å². The smallest absolute Gasteiger partial charge is 0.341 e. The topological polar surface area (TPSA) is 58.1 Å². The van der Waals surface area contributed by atoms with Crippen molar-refractivity contribution in [2.75, 3.05) is 13.1 Å². The number of aromatic amines is 1. The number of benzene rings is 1. The number of H-pyrrole nitrogens is 1. The van der Waals surface area contributed by atoms with Crippen molar-refractivity contribution in [2.24, 2.45) is 5.92 Å². The molecule has 8 heteroatoms. The third kappa shape index (κ3) is 3.11. The van der Waals surface area contributed by atoms with Gasteiger partial charge in [0.25, 0.3) is 0 Å². The molecule has 1 aliphatic heterocycles. The molecular formula is C15H16F3N3O2. The number of likely N-dealkylation sites (tertiary alicyclic amines) is 1. The number of hydrogen-bond acceptors (Lipinski definition) is 2. The van der Waals surface area contributed by atoms with Crippen LogP contribution in [-0.2, 0) is 11.3 Å². The van der Waals surface area contributed by atoms with E-state index in [1.54, 1.807) is 24.3 Å². The highest BCUT2D eigenvalue weighted by molar-refractivity contribution is 5.80. The first kappa shape index (κ1) is 15.6. The van der Waals surface area contributed by atoms with Gasteiger partial charge < -0.3 is 9.88 Å². The van der Waals surface area contributed by atoms with Gasteiger partial charge in [0.15, 0.2) is 0 Å². The SMILES string of the molecule is O=C(Cn1c(=O)[nH]c2ccccc21)N1CCCC(C(F)(F)F)C1. The van der Waals surface area contributed by atoms with Gasteiger partial charge in [-0.1, -0.05) is 12.1 Å². The van der Waals surface area contributed by atoms with Gasteiger partial charge in [-0.3, -0.25) is 9.36 Å². The Morgan fingerprint density at radius 2 is 2.04 bits per heavy atom. The summed E-state index contributed by atoms with van der Waals surface area (Å²) in [6.07, 6.45) is -3.93. The molecule has 1 saturated heterocycles. The maximum absolute atomic E-state index is 12.8. The summed E-state index contributed by atoms with van der Waals surface area (Å²) < 4.78 is 39.7. The molecule has 1 amide bonds. The number of carbonyl (C=O) groups is 1. The number of para-hydroxylation sites is 2. The summed E-state index contributed by atoms with van der Waals surface area (Å²) in [7, 11) is 0. The number of imidazole rings is 1. The van der Waals surface area contributed by atoms with E-state index < -0.39 is 23.7 Å².